The van der Waals surface area contributed by atoms with Crippen LogP contribution in [0.2, 0.25) is 0 Å². The number of anilines is 1. The zero-order valence-electron chi connectivity index (χ0n) is 8.85. The largest absolute Gasteiger partial charge is 0.399 e. The van der Waals surface area contributed by atoms with Crippen molar-refractivity contribution in [2.75, 3.05) is 5.73 Å². The Balaban J connectivity index is 2.02. The zero-order valence-corrected chi connectivity index (χ0v) is 8.85. The van der Waals surface area contributed by atoms with E-state index in [0.717, 1.165) is 24.3 Å². The van der Waals surface area contributed by atoms with Crippen LogP contribution in [0.5, 0.6) is 0 Å². The molecular formula is C12H15N3. The summed E-state index contributed by atoms with van der Waals surface area (Å²) in [6.07, 6.45) is 2.92. The van der Waals surface area contributed by atoms with E-state index in [1.807, 2.05) is 42.1 Å². The highest BCUT2D eigenvalue weighted by Crippen LogP contribution is 2.11. The maximum Gasteiger partial charge on any atom is 0.0593 e. The highest BCUT2D eigenvalue weighted by Gasteiger charge is 1.99. The molecule has 3 nitrogen and oxygen atoms in total. The van der Waals surface area contributed by atoms with Crippen LogP contribution in [-0.2, 0) is 13.0 Å². The Morgan fingerprint density at radius 2 is 2.07 bits per heavy atom. The molecule has 0 amide bonds. The maximum atomic E-state index is 5.86. The number of aromatic nitrogens is 2. The molecule has 0 bridgehead atoms. The second kappa shape index (κ2) is 4.17. The van der Waals surface area contributed by atoms with Crippen molar-refractivity contribution in [2.24, 2.45) is 0 Å². The minimum Gasteiger partial charge on any atom is -0.399 e. The van der Waals surface area contributed by atoms with Crippen molar-refractivity contribution >= 4 is 5.69 Å². The van der Waals surface area contributed by atoms with Gasteiger partial charge in [-0.25, -0.2) is 0 Å². The highest BCUT2D eigenvalue weighted by atomic mass is 15.3. The Bertz CT molecular complexity index is 446. The lowest BCUT2D eigenvalue weighted by Crippen LogP contribution is -2.04. The Kier molecular flexibility index (Phi) is 2.72. The van der Waals surface area contributed by atoms with Crippen molar-refractivity contribution in [3.8, 4) is 0 Å². The first-order chi connectivity index (χ1) is 7.25. The van der Waals surface area contributed by atoms with Gasteiger partial charge in [0.25, 0.3) is 0 Å². The van der Waals surface area contributed by atoms with Crippen molar-refractivity contribution in [2.45, 2.75) is 19.9 Å². The van der Waals surface area contributed by atoms with E-state index in [1.165, 1.54) is 5.56 Å². The van der Waals surface area contributed by atoms with Crippen LogP contribution in [-0.4, -0.2) is 9.78 Å². The van der Waals surface area contributed by atoms with Crippen LogP contribution in [0.3, 0.4) is 0 Å². The van der Waals surface area contributed by atoms with Gasteiger partial charge in [-0.15, -0.1) is 0 Å². The summed E-state index contributed by atoms with van der Waals surface area (Å²) >= 11 is 0. The third-order valence-corrected chi connectivity index (χ3v) is 2.44. The summed E-state index contributed by atoms with van der Waals surface area (Å²) in [4.78, 5) is 0. The van der Waals surface area contributed by atoms with Gasteiger partial charge in [-0.2, -0.15) is 5.10 Å². The Labute approximate surface area is 89.5 Å². The minimum absolute atomic E-state index is 0.862. The molecule has 2 aromatic rings. The standard InChI is InChI=1S/C12H15N3/c1-10-6-8-15(14-10)9-7-11-4-2-3-5-12(11)13/h2-6,8H,7,9,13H2,1H3. The molecule has 2 N–H and O–H groups in total. The summed E-state index contributed by atoms with van der Waals surface area (Å²) < 4.78 is 1.95. The van der Waals surface area contributed by atoms with Crippen molar-refractivity contribution in [1.82, 2.24) is 9.78 Å². The van der Waals surface area contributed by atoms with Crippen LogP contribution in [0.15, 0.2) is 36.5 Å². The number of nitrogens with zero attached hydrogens (tertiary/aromatic N) is 2. The molecule has 0 atom stereocenters. The summed E-state index contributed by atoms with van der Waals surface area (Å²) in [6, 6.07) is 9.97. The summed E-state index contributed by atoms with van der Waals surface area (Å²) in [5.74, 6) is 0. The number of aryl methyl sites for hydroxylation is 3. The average molecular weight is 201 g/mol. The third kappa shape index (κ3) is 2.37. The van der Waals surface area contributed by atoms with Gasteiger partial charge in [0.15, 0.2) is 0 Å². The predicted octanol–water partition coefficient (Wildman–Crippen LogP) is 2.02. The fourth-order valence-electron chi connectivity index (χ4n) is 1.58. The van der Waals surface area contributed by atoms with Crippen molar-refractivity contribution < 1.29 is 0 Å². The number of benzene rings is 1. The SMILES string of the molecule is Cc1ccn(CCc2ccccc2N)n1. The lowest BCUT2D eigenvalue weighted by molar-refractivity contribution is 0.610. The van der Waals surface area contributed by atoms with Gasteiger partial charge in [0.05, 0.1) is 5.69 Å². The molecule has 0 radical (unpaired) electrons. The minimum atomic E-state index is 0.862. The van der Waals surface area contributed by atoms with Crippen LogP contribution in [0, 0.1) is 6.92 Å². The quantitative estimate of drug-likeness (QED) is 0.772. The monoisotopic (exact) mass is 201 g/mol. The van der Waals surface area contributed by atoms with E-state index >= 15 is 0 Å². The van der Waals surface area contributed by atoms with E-state index in [2.05, 4.69) is 11.2 Å². The Hall–Kier alpha value is -1.77. The first kappa shape index (κ1) is 9.77. The summed E-state index contributed by atoms with van der Waals surface area (Å²) in [5.41, 5.74) is 8.96. The number of nitrogens with two attached hydrogens (primary N) is 1. The van der Waals surface area contributed by atoms with E-state index in [9.17, 15) is 0 Å². The van der Waals surface area contributed by atoms with Gasteiger partial charge < -0.3 is 5.73 Å². The smallest absolute Gasteiger partial charge is 0.0593 e. The molecule has 15 heavy (non-hydrogen) atoms. The molecule has 0 spiro atoms. The molecule has 3 heteroatoms. The highest BCUT2D eigenvalue weighted by molar-refractivity contribution is 5.46. The third-order valence-electron chi connectivity index (χ3n) is 2.44. The molecular weight excluding hydrogens is 186 g/mol. The predicted molar refractivity (Wildman–Crippen MR) is 61.5 cm³/mol. The molecule has 0 aliphatic carbocycles. The van der Waals surface area contributed by atoms with Gasteiger partial charge in [0, 0.05) is 18.4 Å². The van der Waals surface area contributed by atoms with Crippen LogP contribution in [0.1, 0.15) is 11.3 Å². The number of hydrogen-bond acceptors (Lipinski definition) is 2. The average Bonchev–Trinajstić information content (AvgIpc) is 2.63. The summed E-state index contributed by atoms with van der Waals surface area (Å²) in [5, 5.41) is 4.33. The Morgan fingerprint density at radius 3 is 2.73 bits per heavy atom. The van der Waals surface area contributed by atoms with E-state index in [-0.39, 0.29) is 0 Å². The number of hydrogen-bond donors (Lipinski definition) is 1. The van der Waals surface area contributed by atoms with Crippen molar-refractivity contribution in [1.29, 1.82) is 0 Å². The molecule has 0 aliphatic heterocycles. The first-order valence-electron chi connectivity index (χ1n) is 5.09. The fourth-order valence-corrected chi connectivity index (χ4v) is 1.58. The van der Waals surface area contributed by atoms with Gasteiger partial charge in [-0.05, 0) is 31.0 Å². The van der Waals surface area contributed by atoms with Gasteiger partial charge in [0.1, 0.15) is 0 Å². The molecule has 1 aromatic carbocycles. The molecule has 0 aliphatic rings. The number of rotatable bonds is 3. The van der Waals surface area contributed by atoms with Crippen LogP contribution in [0.4, 0.5) is 5.69 Å². The van der Waals surface area contributed by atoms with Gasteiger partial charge in [-0.1, -0.05) is 18.2 Å². The van der Waals surface area contributed by atoms with Crippen LogP contribution in [0.25, 0.3) is 0 Å². The lowest BCUT2D eigenvalue weighted by atomic mass is 10.1. The van der Waals surface area contributed by atoms with E-state index in [0.29, 0.717) is 0 Å². The molecule has 2 rings (SSSR count). The van der Waals surface area contributed by atoms with E-state index in [4.69, 9.17) is 5.73 Å². The second-order valence-electron chi connectivity index (χ2n) is 3.67. The van der Waals surface area contributed by atoms with E-state index in [1.54, 1.807) is 0 Å². The van der Waals surface area contributed by atoms with Gasteiger partial charge in [0.2, 0.25) is 0 Å². The molecule has 0 saturated carbocycles. The second-order valence-corrected chi connectivity index (χ2v) is 3.67. The van der Waals surface area contributed by atoms with Gasteiger partial charge in [-0.3, -0.25) is 4.68 Å². The normalized spacial score (nSPS) is 10.5. The number of nitrogen functional groups attached to an aromatic ring is 1. The topological polar surface area (TPSA) is 43.8 Å². The summed E-state index contributed by atoms with van der Waals surface area (Å²) in [6.45, 7) is 2.87. The molecule has 78 valence electrons. The molecule has 0 fully saturated rings. The fraction of sp³-hybridized carbons (Fsp3) is 0.250. The molecule has 0 saturated heterocycles. The van der Waals surface area contributed by atoms with Crippen LogP contribution >= 0.6 is 0 Å². The number of para-hydroxylation sites is 1. The van der Waals surface area contributed by atoms with Crippen molar-refractivity contribution in [3.05, 3.63) is 47.8 Å². The zero-order chi connectivity index (χ0) is 10.7. The van der Waals surface area contributed by atoms with Crippen LogP contribution < -0.4 is 5.73 Å². The summed E-state index contributed by atoms with van der Waals surface area (Å²) in [7, 11) is 0. The van der Waals surface area contributed by atoms with Crippen molar-refractivity contribution in [3.63, 3.8) is 0 Å². The molecule has 1 aromatic heterocycles. The van der Waals surface area contributed by atoms with Gasteiger partial charge >= 0.3 is 0 Å². The first-order valence-corrected chi connectivity index (χ1v) is 5.09. The molecule has 1 heterocycles. The lowest BCUT2D eigenvalue weighted by Gasteiger charge is -2.05. The maximum absolute atomic E-state index is 5.86. The molecule has 0 unspecified atom stereocenters. The van der Waals surface area contributed by atoms with E-state index < -0.39 is 0 Å². The Morgan fingerprint density at radius 1 is 1.27 bits per heavy atom.